The summed E-state index contributed by atoms with van der Waals surface area (Å²) in [5.74, 6) is -0.0783. The largest absolute Gasteiger partial charge is 0.353 e. The van der Waals surface area contributed by atoms with Crippen LogP contribution in [-0.2, 0) is 4.79 Å². The van der Waals surface area contributed by atoms with E-state index in [-0.39, 0.29) is 24.0 Å². The van der Waals surface area contributed by atoms with Crippen molar-refractivity contribution in [2.45, 2.75) is 44.2 Å². The highest BCUT2D eigenvalue weighted by atomic mass is 16.1. The summed E-state index contributed by atoms with van der Waals surface area (Å²) in [5.41, 5.74) is 6.66. The molecule has 0 spiro atoms. The lowest BCUT2D eigenvalue weighted by atomic mass is 9.94. The molecule has 1 aromatic rings. The monoisotopic (exact) mass is 275 g/mol. The van der Waals surface area contributed by atoms with Crippen LogP contribution in [0.5, 0.6) is 0 Å². The number of carbonyl (C=O) groups is 1. The average Bonchev–Trinajstić information content (AvgIpc) is 2.94. The normalized spacial score (nSPS) is 18.7. The highest BCUT2D eigenvalue weighted by Crippen LogP contribution is 2.31. The number of rotatable bonds is 6. The van der Waals surface area contributed by atoms with E-state index in [1.165, 1.54) is 18.4 Å². The maximum atomic E-state index is 11.4. The molecule has 1 aromatic carbocycles. The summed E-state index contributed by atoms with van der Waals surface area (Å²) < 4.78 is 0. The fourth-order valence-electron chi connectivity index (χ4n) is 3.05. The van der Waals surface area contributed by atoms with Crippen molar-refractivity contribution in [1.29, 1.82) is 0 Å². The minimum absolute atomic E-state index is 0.0140. The Hall–Kier alpha value is -1.39. The Labute approximate surface area is 121 Å². The fourth-order valence-corrected chi connectivity index (χ4v) is 3.05. The molecule has 0 aromatic heterocycles. The van der Waals surface area contributed by atoms with Crippen LogP contribution in [0.15, 0.2) is 30.3 Å². The standard InChI is InChI=1S/C16H25N3O/c1-13(14-7-3-2-4-8-14)19-16(9-5-6-10-16)12-18-15(20)11-17/h2-4,7-8,13,19H,5-6,9-12,17H2,1H3,(H,18,20). The molecule has 1 amide bonds. The third kappa shape index (κ3) is 3.81. The Kier molecular flexibility index (Phi) is 5.15. The van der Waals surface area contributed by atoms with Gasteiger partial charge in [0.1, 0.15) is 0 Å². The van der Waals surface area contributed by atoms with Gasteiger partial charge in [-0.15, -0.1) is 0 Å². The van der Waals surface area contributed by atoms with Gasteiger partial charge in [0, 0.05) is 18.1 Å². The number of nitrogens with two attached hydrogens (primary N) is 1. The summed E-state index contributed by atoms with van der Waals surface area (Å²) in [4.78, 5) is 11.4. The van der Waals surface area contributed by atoms with E-state index in [0.29, 0.717) is 6.54 Å². The van der Waals surface area contributed by atoms with Gasteiger partial charge < -0.3 is 16.4 Å². The Bertz CT molecular complexity index is 427. The van der Waals surface area contributed by atoms with Crippen LogP contribution >= 0.6 is 0 Å². The zero-order valence-corrected chi connectivity index (χ0v) is 12.2. The number of benzene rings is 1. The van der Waals surface area contributed by atoms with Crippen LogP contribution in [0.4, 0.5) is 0 Å². The first-order valence-electron chi connectivity index (χ1n) is 7.45. The van der Waals surface area contributed by atoms with E-state index in [4.69, 9.17) is 5.73 Å². The predicted molar refractivity (Wildman–Crippen MR) is 81.3 cm³/mol. The van der Waals surface area contributed by atoms with E-state index in [9.17, 15) is 4.79 Å². The third-order valence-electron chi connectivity index (χ3n) is 4.19. The molecule has 20 heavy (non-hydrogen) atoms. The minimum atomic E-state index is -0.0783. The van der Waals surface area contributed by atoms with Crippen LogP contribution in [0.1, 0.15) is 44.2 Å². The van der Waals surface area contributed by atoms with Gasteiger partial charge in [0.05, 0.1) is 6.54 Å². The van der Waals surface area contributed by atoms with Crippen LogP contribution < -0.4 is 16.4 Å². The molecule has 1 unspecified atom stereocenters. The number of hydrogen-bond donors (Lipinski definition) is 3. The Morgan fingerprint density at radius 3 is 2.55 bits per heavy atom. The quantitative estimate of drug-likeness (QED) is 0.740. The van der Waals surface area contributed by atoms with E-state index in [1.54, 1.807) is 0 Å². The lowest BCUT2D eigenvalue weighted by molar-refractivity contribution is -0.120. The Morgan fingerprint density at radius 2 is 1.95 bits per heavy atom. The molecule has 4 nitrogen and oxygen atoms in total. The number of nitrogens with one attached hydrogen (secondary N) is 2. The van der Waals surface area contributed by atoms with Gasteiger partial charge in [0.2, 0.25) is 5.91 Å². The number of carbonyl (C=O) groups excluding carboxylic acids is 1. The summed E-state index contributed by atoms with van der Waals surface area (Å²) in [6.07, 6.45) is 4.64. The van der Waals surface area contributed by atoms with Crippen molar-refractivity contribution in [3.05, 3.63) is 35.9 Å². The Balaban J connectivity index is 2.00. The van der Waals surface area contributed by atoms with E-state index in [2.05, 4.69) is 41.8 Å². The van der Waals surface area contributed by atoms with E-state index in [1.807, 2.05) is 6.07 Å². The van der Waals surface area contributed by atoms with Gasteiger partial charge in [0.25, 0.3) is 0 Å². The van der Waals surface area contributed by atoms with E-state index < -0.39 is 0 Å². The van der Waals surface area contributed by atoms with Gasteiger partial charge in [-0.25, -0.2) is 0 Å². The summed E-state index contributed by atoms with van der Waals surface area (Å²) in [7, 11) is 0. The molecule has 1 aliphatic carbocycles. The summed E-state index contributed by atoms with van der Waals surface area (Å²) >= 11 is 0. The maximum Gasteiger partial charge on any atom is 0.233 e. The first-order valence-corrected chi connectivity index (χ1v) is 7.45. The number of hydrogen-bond acceptors (Lipinski definition) is 3. The van der Waals surface area contributed by atoms with E-state index >= 15 is 0 Å². The molecule has 1 atom stereocenters. The van der Waals surface area contributed by atoms with Crippen molar-refractivity contribution in [1.82, 2.24) is 10.6 Å². The van der Waals surface area contributed by atoms with Crippen LogP contribution in [0.2, 0.25) is 0 Å². The molecule has 0 bridgehead atoms. The second-order valence-corrected chi connectivity index (χ2v) is 5.74. The van der Waals surface area contributed by atoms with Gasteiger partial charge in [-0.3, -0.25) is 4.79 Å². The highest BCUT2D eigenvalue weighted by molar-refractivity contribution is 5.77. The molecule has 0 heterocycles. The lowest BCUT2D eigenvalue weighted by Crippen LogP contribution is -2.53. The van der Waals surface area contributed by atoms with Gasteiger partial charge in [-0.2, -0.15) is 0 Å². The summed E-state index contributed by atoms with van der Waals surface area (Å²) in [6.45, 7) is 2.91. The molecule has 2 rings (SSSR count). The average molecular weight is 275 g/mol. The molecule has 110 valence electrons. The molecule has 0 aliphatic heterocycles. The van der Waals surface area contributed by atoms with Crippen molar-refractivity contribution in [3.8, 4) is 0 Å². The molecule has 4 N–H and O–H groups in total. The minimum Gasteiger partial charge on any atom is -0.353 e. The van der Waals surface area contributed by atoms with Crippen molar-refractivity contribution < 1.29 is 4.79 Å². The fraction of sp³-hybridized carbons (Fsp3) is 0.562. The van der Waals surface area contributed by atoms with Crippen molar-refractivity contribution >= 4 is 5.91 Å². The van der Waals surface area contributed by atoms with Crippen LogP contribution in [0.25, 0.3) is 0 Å². The molecule has 0 saturated heterocycles. The molecule has 0 radical (unpaired) electrons. The zero-order chi connectivity index (χ0) is 14.4. The van der Waals surface area contributed by atoms with Crippen LogP contribution in [-0.4, -0.2) is 24.5 Å². The predicted octanol–water partition coefficient (Wildman–Crippen LogP) is 1.72. The summed E-state index contributed by atoms with van der Waals surface area (Å²) in [6, 6.07) is 10.7. The summed E-state index contributed by atoms with van der Waals surface area (Å²) in [5, 5.41) is 6.68. The Morgan fingerprint density at radius 1 is 1.30 bits per heavy atom. The van der Waals surface area contributed by atoms with Crippen molar-refractivity contribution in [2.75, 3.05) is 13.1 Å². The second kappa shape index (κ2) is 6.86. The van der Waals surface area contributed by atoms with Gasteiger partial charge in [0.15, 0.2) is 0 Å². The SMILES string of the molecule is CC(NC1(CNC(=O)CN)CCCC1)c1ccccc1. The van der Waals surface area contributed by atoms with Gasteiger partial charge in [-0.1, -0.05) is 43.2 Å². The molecular weight excluding hydrogens is 250 g/mol. The zero-order valence-electron chi connectivity index (χ0n) is 12.2. The van der Waals surface area contributed by atoms with Crippen LogP contribution in [0, 0.1) is 0 Å². The molecule has 1 aliphatic rings. The molecule has 1 saturated carbocycles. The topological polar surface area (TPSA) is 67.1 Å². The second-order valence-electron chi connectivity index (χ2n) is 5.74. The molecular formula is C16H25N3O. The lowest BCUT2D eigenvalue weighted by Gasteiger charge is -2.34. The molecule has 1 fully saturated rings. The van der Waals surface area contributed by atoms with Gasteiger partial charge in [-0.05, 0) is 25.3 Å². The molecule has 4 heteroatoms. The maximum absolute atomic E-state index is 11.4. The first-order chi connectivity index (χ1) is 9.65. The smallest absolute Gasteiger partial charge is 0.233 e. The number of amides is 1. The highest BCUT2D eigenvalue weighted by Gasteiger charge is 2.35. The van der Waals surface area contributed by atoms with Crippen molar-refractivity contribution in [3.63, 3.8) is 0 Å². The van der Waals surface area contributed by atoms with Gasteiger partial charge >= 0.3 is 0 Å². The van der Waals surface area contributed by atoms with Crippen molar-refractivity contribution in [2.24, 2.45) is 5.73 Å². The van der Waals surface area contributed by atoms with E-state index in [0.717, 1.165) is 12.8 Å². The van der Waals surface area contributed by atoms with Crippen LogP contribution in [0.3, 0.4) is 0 Å². The first kappa shape index (κ1) is 15.0. The third-order valence-corrected chi connectivity index (χ3v) is 4.19.